The zero-order valence-electron chi connectivity index (χ0n) is 19.6. The lowest BCUT2D eigenvalue weighted by Crippen LogP contribution is -2.31. The molecule has 1 aromatic heterocycles. The smallest absolute Gasteiger partial charge is 0.319 e. The van der Waals surface area contributed by atoms with E-state index in [1.54, 1.807) is 19.9 Å². The highest BCUT2D eigenvalue weighted by atomic mass is 19.1. The second-order valence-corrected chi connectivity index (χ2v) is 8.31. The molecule has 35 heavy (non-hydrogen) atoms. The van der Waals surface area contributed by atoms with Crippen LogP contribution in [0.1, 0.15) is 20.3 Å². The minimum Gasteiger partial charge on any atom is -0.491 e. The van der Waals surface area contributed by atoms with Crippen LogP contribution in [0.15, 0.2) is 36.7 Å². The Morgan fingerprint density at radius 2 is 1.94 bits per heavy atom. The molecule has 3 N–H and O–H groups in total. The summed E-state index contributed by atoms with van der Waals surface area (Å²) < 4.78 is 39.9. The SMILES string of the molecule is COCCOc1cc(F)c2c(Nc3ccc(NC(=O)NCCC(C)(C)C#N)cc3F)ncnc2c1. The van der Waals surface area contributed by atoms with E-state index in [1.807, 2.05) is 0 Å². The van der Waals surface area contributed by atoms with Crippen LogP contribution in [-0.4, -0.2) is 42.9 Å². The van der Waals surface area contributed by atoms with Crippen molar-refractivity contribution in [2.24, 2.45) is 5.41 Å². The number of hydrogen-bond donors (Lipinski definition) is 3. The molecule has 0 saturated carbocycles. The van der Waals surface area contributed by atoms with Gasteiger partial charge in [-0.15, -0.1) is 0 Å². The highest BCUT2D eigenvalue weighted by Crippen LogP contribution is 2.30. The van der Waals surface area contributed by atoms with E-state index in [2.05, 4.69) is 32.0 Å². The first-order valence-electron chi connectivity index (χ1n) is 10.8. The maximum Gasteiger partial charge on any atom is 0.319 e. The summed E-state index contributed by atoms with van der Waals surface area (Å²) >= 11 is 0. The van der Waals surface area contributed by atoms with Gasteiger partial charge in [0, 0.05) is 31.5 Å². The van der Waals surface area contributed by atoms with E-state index >= 15 is 0 Å². The van der Waals surface area contributed by atoms with Crippen molar-refractivity contribution >= 4 is 34.1 Å². The number of hydrogen-bond acceptors (Lipinski definition) is 7. The van der Waals surface area contributed by atoms with Gasteiger partial charge in [0.2, 0.25) is 0 Å². The van der Waals surface area contributed by atoms with Crippen LogP contribution in [0.4, 0.5) is 30.8 Å². The van der Waals surface area contributed by atoms with Gasteiger partial charge in [-0.2, -0.15) is 5.26 Å². The first-order valence-corrected chi connectivity index (χ1v) is 10.8. The van der Waals surface area contributed by atoms with Crippen LogP contribution < -0.4 is 20.7 Å². The Morgan fingerprint density at radius 3 is 2.66 bits per heavy atom. The van der Waals surface area contributed by atoms with Crippen LogP contribution in [0.5, 0.6) is 5.75 Å². The molecule has 184 valence electrons. The van der Waals surface area contributed by atoms with Crippen LogP contribution in [-0.2, 0) is 4.74 Å². The summed E-state index contributed by atoms with van der Waals surface area (Å²) in [6.45, 7) is 4.44. The summed E-state index contributed by atoms with van der Waals surface area (Å²) in [6, 6.07) is 8.41. The fraction of sp³-hybridized carbons (Fsp3) is 0.333. The first kappa shape index (κ1) is 25.6. The Morgan fingerprint density at radius 1 is 1.14 bits per heavy atom. The molecule has 0 aliphatic heterocycles. The molecular formula is C24H26F2N6O3. The van der Waals surface area contributed by atoms with E-state index in [9.17, 15) is 13.6 Å². The fourth-order valence-electron chi connectivity index (χ4n) is 3.08. The quantitative estimate of drug-likeness (QED) is 0.356. The fourth-order valence-corrected chi connectivity index (χ4v) is 3.08. The lowest BCUT2D eigenvalue weighted by Gasteiger charge is -2.15. The van der Waals surface area contributed by atoms with Crippen molar-refractivity contribution in [2.75, 3.05) is 37.5 Å². The molecule has 0 saturated heterocycles. The average molecular weight is 485 g/mol. The highest BCUT2D eigenvalue weighted by Gasteiger charge is 2.17. The monoisotopic (exact) mass is 484 g/mol. The first-order chi connectivity index (χ1) is 16.7. The predicted molar refractivity (Wildman–Crippen MR) is 128 cm³/mol. The average Bonchev–Trinajstić information content (AvgIpc) is 2.81. The van der Waals surface area contributed by atoms with Crippen molar-refractivity contribution in [2.45, 2.75) is 20.3 Å². The maximum atomic E-state index is 14.8. The van der Waals surface area contributed by atoms with Gasteiger partial charge in [-0.25, -0.2) is 23.5 Å². The van der Waals surface area contributed by atoms with E-state index in [4.69, 9.17) is 14.7 Å². The third kappa shape index (κ3) is 6.97. The van der Waals surface area contributed by atoms with Crippen molar-refractivity contribution in [3.05, 3.63) is 48.3 Å². The van der Waals surface area contributed by atoms with Crippen molar-refractivity contribution in [3.63, 3.8) is 0 Å². The van der Waals surface area contributed by atoms with Crippen LogP contribution in [0.3, 0.4) is 0 Å². The Labute approximate surface area is 201 Å². The molecule has 2 amide bonds. The molecule has 0 atom stereocenters. The molecule has 3 rings (SSSR count). The number of carbonyl (C=O) groups excluding carboxylic acids is 1. The van der Waals surface area contributed by atoms with Gasteiger partial charge in [0.1, 0.15) is 36.1 Å². The third-order valence-corrected chi connectivity index (χ3v) is 5.04. The van der Waals surface area contributed by atoms with E-state index in [1.165, 1.54) is 31.6 Å². The minimum atomic E-state index is -0.680. The number of urea groups is 1. The van der Waals surface area contributed by atoms with Crippen molar-refractivity contribution < 1.29 is 23.0 Å². The van der Waals surface area contributed by atoms with Crippen LogP contribution in [0.2, 0.25) is 0 Å². The second kappa shape index (κ2) is 11.4. The number of carbonyl (C=O) groups is 1. The molecular weight excluding hydrogens is 458 g/mol. The summed E-state index contributed by atoms with van der Waals surface area (Å²) in [5, 5.41) is 17.0. The van der Waals surface area contributed by atoms with Gasteiger partial charge in [-0.1, -0.05) is 0 Å². The molecule has 0 bridgehead atoms. The zero-order valence-corrected chi connectivity index (χ0v) is 19.6. The standard InChI is InChI=1S/C24H26F2N6O3/c1-24(2,13-27)6-7-28-23(33)31-15-4-5-19(17(25)10-15)32-22-21-18(26)11-16(35-9-8-34-3)12-20(21)29-14-30-22/h4-5,10-12,14H,6-9H2,1-3H3,(H2,28,31,33)(H,29,30,32). The zero-order chi connectivity index (χ0) is 25.4. The number of nitrogens with one attached hydrogen (secondary N) is 3. The van der Waals surface area contributed by atoms with E-state index in [0.29, 0.717) is 19.6 Å². The number of methoxy groups -OCH3 is 1. The topological polar surface area (TPSA) is 121 Å². The number of aromatic nitrogens is 2. The molecule has 0 fully saturated rings. The number of rotatable bonds is 10. The lowest BCUT2D eigenvalue weighted by atomic mass is 9.92. The molecule has 3 aromatic rings. The summed E-state index contributed by atoms with van der Waals surface area (Å²) in [5.74, 6) is -0.950. The van der Waals surface area contributed by atoms with E-state index < -0.39 is 23.1 Å². The Hall–Kier alpha value is -4.04. The van der Waals surface area contributed by atoms with Crippen molar-refractivity contribution in [1.29, 1.82) is 5.26 Å². The van der Waals surface area contributed by atoms with E-state index in [0.717, 1.165) is 6.07 Å². The number of benzene rings is 2. The second-order valence-electron chi connectivity index (χ2n) is 8.31. The number of fused-ring (bicyclic) bond motifs is 1. The van der Waals surface area contributed by atoms with Crippen molar-refractivity contribution in [3.8, 4) is 11.8 Å². The Bertz CT molecular complexity index is 1250. The molecule has 11 heteroatoms. The van der Waals surface area contributed by atoms with Gasteiger partial charge in [0.25, 0.3) is 0 Å². The molecule has 2 aromatic carbocycles. The number of halogens is 2. The summed E-state index contributed by atoms with van der Waals surface area (Å²) in [7, 11) is 1.53. The summed E-state index contributed by atoms with van der Waals surface area (Å²) in [6.07, 6.45) is 1.70. The number of ether oxygens (including phenoxy) is 2. The maximum absolute atomic E-state index is 14.8. The van der Waals surface area contributed by atoms with Crippen LogP contribution in [0, 0.1) is 28.4 Å². The van der Waals surface area contributed by atoms with Gasteiger partial charge >= 0.3 is 6.03 Å². The van der Waals surface area contributed by atoms with E-state index in [-0.39, 0.29) is 40.5 Å². The van der Waals surface area contributed by atoms with Gasteiger partial charge in [-0.05, 0) is 38.5 Å². The molecule has 0 aliphatic carbocycles. The molecule has 0 unspecified atom stereocenters. The number of anilines is 3. The van der Waals surface area contributed by atoms with Gasteiger partial charge in [0.15, 0.2) is 0 Å². The summed E-state index contributed by atoms with van der Waals surface area (Å²) in [4.78, 5) is 20.2. The Balaban J connectivity index is 1.70. The molecule has 0 radical (unpaired) electrons. The third-order valence-electron chi connectivity index (χ3n) is 5.04. The minimum absolute atomic E-state index is 0.0338. The van der Waals surface area contributed by atoms with Gasteiger partial charge in [-0.3, -0.25) is 0 Å². The van der Waals surface area contributed by atoms with Gasteiger partial charge in [0.05, 0.1) is 34.7 Å². The number of nitrogens with zero attached hydrogens (tertiary/aromatic N) is 3. The molecule has 9 nitrogen and oxygen atoms in total. The Kier molecular flexibility index (Phi) is 8.33. The number of amides is 2. The molecule has 1 heterocycles. The van der Waals surface area contributed by atoms with Crippen LogP contribution >= 0.6 is 0 Å². The predicted octanol–water partition coefficient (Wildman–Crippen LogP) is 4.74. The molecule has 0 aliphatic rings. The van der Waals surface area contributed by atoms with Crippen molar-refractivity contribution in [1.82, 2.24) is 15.3 Å². The highest BCUT2D eigenvalue weighted by molar-refractivity contribution is 5.92. The summed E-state index contributed by atoms with van der Waals surface area (Å²) in [5.41, 5.74) is -0.0197. The molecule has 0 spiro atoms. The largest absolute Gasteiger partial charge is 0.491 e. The normalized spacial score (nSPS) is 11.1. The van der Waals surface area contributed by atoms with Gasteiger partial charge < -0.3 is 25.4 Å². The lowest BCUT2D eigenvalue weighted by molar-refractivity contribution is 0.146. The number of nitriles is 1. The van der Waals surface area contributed by atoms with Crippen LogP contribution in [0.25, 0.3) is 10.9 Å².